The lowest BCUT2D eigenvalue weighted by atomic mass is 10.1. The topological polar surface area (TPSA) is 67.6 Å². The third-order valence-electron chi connectivity index (χ3n) is 3.33. The van der Waals surface area contributed by atoms with Gasteiger partial charge in [-0.2, -0.15) is 11.3 Å². The molecule has 1 aromatic rings. The first-order valence-electron chi connectivity index (χ1n) is 6.92. The summed E-state index contributed by atoms with van der Waals surface area (Å²) >= 11 is 1.67. The maximum atomic E-state index is 11.9. The molecule has 1 aromatic heterocycles. The van der Waals surface area contributed by atoms with Crippen molar-refractivity contribution in [3.05, 3.63) is 22.4 Å². The second kappa shape index (κ2) is 13.1. The molecule has 1 heterocycles. The van der Waals surface area contributed by atoms with Crippen LogP contribution in [0, 0.1) is 0 Å². The van der Waals surface area contributed by atoms with Crippen LogP contribution in [0.25, 0.3) is 0 Å². The quantitative estimate of drug-likeness (QED) is 0.696. The van der Waals surface area contributed by atoms with E-state index < -0.39 is 6.04 Å². The van der Waals surface area contributed by atoms with Gasteiger partial charge in [-0.3, -0.25) is 9.69 Å². The molecule has 5 nitrogen and oxygen atoms in total. The van der Waals surface area contributed by atoms with E-state index in [0.29, 0.717) is 6.54 Å². The summed E-state index contributed by atoms with van der Waals surface area (Å²) in [7, 11) is 1.54. The molecule has 0 radical (unpaired) electrons. The third kappa shape index (κ3) is 7.26. The molecule has 0 aromatic carbocycles. The monoisotopic (exact) mass is 371 g/mol. The third-order valence-corrected chi connectivity index (χ3v) is 4.04. The molecule has 22 heavy (non-hydrogen) atoms. The first-order valence-corrected chi connectivity index (χ1v) is 7.86. The Hall–Kier alpha value is -0.370. The molecule has 8 heteroatoms. The minimum absolute atomic E-state index is 0. The van der Waals surface area contributed by atoms with E-state index in [1.165, 1.54) is 12.7 Å². The molecular formula is C14H27Cl2N3O2S. The molecule has 0 aliphatic carbocycles. The van der Waals surface area contributed by atoms with E-state index in [0.717, 1.165) is 13.1 Å². The van der Waals surface area contributed by atoms with E-state index in [9.17, 15) is 4.79 Å². The molecule has 2 unspecified atom stereocenters. The fourth-order valence-electron chi connectivity index (χ4n) is 2.17. The second-order valence-corrected chi connectivity index (χ2v) is 5.38. The maximum Gasteiger partial charge on any atom is 0.239 e. The Bertz CT molecular complexity index is 389. The molecule has 0 fully saturated rings. The molecule has 0 saturated heterocycles. The SMILES string of the molecule is CCN(CC)C(CNC(=O)C(N)COC)c1ccsc1.Cl.Cl. The van der Waals surface area contributed by atoms with Gasteiger partial charge in [-0.15, -0.1) is 24.8 Å². The van der Waals surface area contributed by atoms with Gasteiger partial charge in [0.2, 0.25) is 5.91 Å². The molecule has 3 N–H and O–H groups in total. The molecule has 0 saturated carbocycles. The number of hydrogen-bond donors (Lipinski definition) is 2. The molecule has 0 aliphatic heterocycles. The van der Waals surface area contributed by atoms with Gasteiger partial charge in [0.15, 0.2) is 0 Å². The van der Waals surface area contributed by atoms with Crippen molar-refractivity contribution in [3.63, 3.8) is 0 Å². The average Bonchev–Trinajstić information content (AvgIpc) is 2.97. The van der Waals surface area contributed by atoms with Gasteiger partial charge in [0.25, 0.3) is 0 Å². The number of thiophene rings is 1. The number of carbonyl (C=O) groups is 1. The molecule has 1 rings (SSSR count). The first-order chi connectivity index (χ1) is 9.63. The molecule has 0 bridgehead atoms. The van der Waals surface area contributed by atoms with E-state index in [-0.39, 0.29) is 43.4 Å². The summed E-state index contributed by atoms with van der Waals surface area (Å²) in [5.74, 6) is -0.167. The van der Waals surface area contributed by atoms with E-state index >= 15 is 0 Å². The van der Waals surface area contributed by atoms with Gasteiger partial charge in [0.05, 0.1) is 12.6 Å². The molecule has 1 amide bonds. The zero-order chi connectivity index (χ0) is 15.0. The zero-order valence-electron chi connectivity index (χ0n) is 13.3. The van der Waals surface area contributed by atoms with Crippen LogP contribution in [0.3, 0.4) is 0 Å². The number of ether oxygens (including phenoxy) is 1. The zero-order valence-corrected chi connectivity index (χ0v) is 15.7. The average molecular weight is 372 g/mol. The Balaban J connectivity index is 0. The van der Waals surface area contributed by atoms with Crippen molar-refractivity contribution in [3.8, 4) is 0 Å². The van der Waals surface area contributed by atoms with Gasteiger partial charge in [0, 0.05) is 13.7 Å². The van der Waals surface area contributed by atoms with E-state index in [2.05, 4.69) is 40.9 Å². The van der Waals surface area contributed by atoms with Crippen molar-refractivity contribution in [2.24, 2.45) is 5.73 Å². The van der Waals surface area contributed by atoms with Gasteiger partial charge in [-0.25, -0.2) is 0 Å². The highest BCUT2D eigenvalue weighted by Gasteiger charge is 2.20. The summed E-state index contributed by atoms with van der Waals surface area (Å²) in [6, 6.07) is 1.68. The highest BCUT2D eigenvalue weighted by atomic mass is 35.5. The number of rotatable bonds is 9. The highest BCUT2D eigenvalue weighted by molar-refractivity contribution is 7.07. The molecular weight excluding hydrogens is 345 g/mol. The summed E-state index contributed by atoms with van der Waals surface area (Å²) in [4.78, 5) is 14.2. The van der Waals surface area contributed by atoms with Crippen molar-refractivity contribution in [1.82, 2.24) is 10.2 Å². The number of halogens is 2. The number of nitrogens with two attached hydrogens (primary N) is 1. The van der Waals surface area contributed by atoms with Crippen molar-refractivity contribution >= 4 is 42.1 Å². The minimum Gasteiger partial charge on any atom is -0.383 e. The van der Waals surface area contributed by atoms with Crippen LogP contribution in [0.15, 0.2) is 16.8 Å². The number of nitrogens with one attached hydrogen (secondary N) is 1. The number of likely N-dealkylation sites (N-methyl/N-ethyl adjacent to an activating group) is 1. The molecule has 0 spiro atoms. The second-order valence-electron chi connectivity index (χ2n) is 4.60. The van der Waals surface area contributed by atoms with E-state index in [1.54, 1.807) is 11.3 Å². The number of carbonyl (C=O) groups excluding carboxylic acids is 1. The lowest BCUT2D eigenvalue weighted by Gasteiger charge is -2.29. The fraction of sp³-hybridized carbons (Fsp3) is 0.643. The molecule has 0 aliphatic rings. The van der Waals surface area contributed by atoms with Crippen LogP contribution in [0.4, 0.5) is 0 Å². The Morgan fingerprint density at radius 3 is 2.50 bits per heavy atom. The number of hydrogen-bond acceptors (Lipinski definition) is 5. The lowest BCUT2D eigenvalue weighted by molar-refractivity contribution is -0.123. The van der Waals surface area contributed by atoms with Crippen LogP contribution in [0.1, 0.15) is 25.5 Å². The van der Waals surface area contributed by atoms with Gasteiger partial charge in [-0.1, -0.05) is 13.8 Å². The predicted octanol–water partition coefficient (Wildman–Crippen LogP) is 2.06. The van der Waals surface area contributed by atoms with Gasteiger partial charge < -0.3 is 15.8 Å². The largest absolute Gasteiger partial charge is 0.383 e. The lowest BCUT2D eigenvalue weighted by Crippen LogP contribution is -2.46. The normalized spacial score (nSPS) is 13.0. The Kier molecular flexibility index (Phi) is 14.2. The van der Waals surface area contributed by atoms with Crippen molar-refractivity contribution in [2.45, 2.75) is 25.9 Å². The van der Waals surface area contributed by atoms with Gasteiger partial charge in [0.1, 0.15) is 6.04 Å². The Morgan fingerprint density at radius 2 is 2.05 bits per heavy atom. The minimum atomic E-state index is -0.611. The summed E-state index contributed by atoms with van der Waals surface area (Å²) in [6.07, 6.45) is 0. The predicted molar refractivity (Wildman–Crippen MR) is 97.3 cm³/mol. The number of methoxy groups -OCH3 is 1. The van der Waals surface area contributed by atoms with Gasteiger partial charge in [-0.05, 0) is 35.5 Å². The summed E-state index contributed by atoms with van der Waals surface area (Å²) in [5.41, 5.74) is 6.96. The summed E-state index contributed by atoms with van der Waals surface area (Å²) < 4.78 is 4.90. The highest BCUT2D eigenvalue weighted by Crippen LogP contribution is 2.22. The van der Waals surface area contributed by atoms with Crippen LogP contribution in [0.2, 0.25) is 0 Å². The summed E-state index contributed by atoms with van der Waals surface area (Å²) in [6.45, 7) is 6.94. The fourth-order valence-corrected chi connectivity index (χ4v) is 2.88. The standard InChI is InChI=1S/C14H25N3O2S.2ClH/c1-4-17(5-2)13(11-6-7-20-10-11)8-16-14(18)12(15)9-19-3;;/h6-7,10,12-13H,4-5,8-9,15H2,1-3H3,(H,16,18);2*1H. The molecule has 2 atom stereocenters. The van der Waals surface area contributed by atoms with Crippen molar-refractivity contribution in [1.29, 1.82) is 0 Å². The van der Waals surface area contributed by atoms with E-state index in [4.69, 9.17) is 10.5 Å². The maximum absolute atomic E-state index is 11.9. The van der Waals surface area contributed by atoms with E-state index in [1.807, 2.05) is 0 Å². The van der Waals surface area contributed by atoms with Crippen LogP contribution < -0.4 is 11.1 Å². The van der Waals surface area contributed by atoms with Crippen LogP contribution in [-0.4, -0.2) is 50.2 Å². The number of nitrogens with zero attached hydrogens (tertiary/aromatic N) is 1. The first kappa shape index (κ1) is 23.9. The smallest absolute Gasteiger partial charge is 0.239 e. The van der Waals surface area contributed by atoms with Crippen LogP contribution in [0.5, 0.6) is 0 Å². The van der Waals surface area contributed by atoms with Gasteiger partial charge >= 0.3 is 0 Å². The van der Waals surface area contributed by atoms with Crippen molar-refractivity contribution < 1.29 is 9.53 Å². The van der Waals surface area contributed by atoms with Crippen LogP contribution in [-0.2, 0) is 9.53 Å². The van der Waals surface area contributed by atoms with Crippen molar-refractivity contribution in [2.75, 3.05) is 33.4 Å². The molecule has 130 valence electrons. The summed E-state index contributed by atoms with van der Waals surface area (Å²) in [5, 5.41) is 7.11. The Morgan fingerprint density at radius 1 is 1.41 bits per heavy atom. The Labute approximate surface area is 149 Å². The van der Waals surface area contributed by atoms with Crippen LogP contribution >= 0.6 is 36.2 Å². The number of amides is 1.